The summed E-state index contributed by atoms with van der Waals surface area (Å²) in [6.07, 6.45) is 5.37. The molecule has 1 saturated carbocycles. The standard InChI is InChI=1S/C14H18FNO2/c15-12-10(4-5-11-13(12)18-9-17-11)14(8-16)6-2-1-3-7-14/h4-5H,1-3,6-9,16H2. The van der Waals surface area contributed by atoms with E-state index in [1.54, 1.807) is 6.07 Å². The molecule has 0 amide bonds. The average Bonchev–Trinajstić information content (AvgIpc) is 2.89. The number of fused-ring (bicyclic) bond motifs is 1. The molecule has 0 bridgehead atoms. The van der Waals surface area contributed by atoms with Crippen molar-refractivity contribution in [1.29, 1.82) is 0 Å². The molecule has 0 radical (unpaired) electrons. The first-order valence-corrected chi connectivity index (χ1v) is 6.55. The molecule has 1 heterocycles. The fraction of sp³-hybridized carbons (Fsp3) is 0.571. The summed E-state index contributed by atoms with van der Waals surface area (Å²) < 4.78 is 24.9. The van der Waals surface area contributed by atoms with Gasteiger partial charge < -0.3 is 15.2 Å². The molecule has 1 aliphatic heterocycles. The van der Waals surface area contributed by atoms with E-state index in [1.807, 2.05) is 6.07 Å². The van der Waals surface area contributed by atoms with Gasteiger partial charge in [-0.3, -0.25) is 0 Å². The minimum absolute atomic E-state index is 0.103. The third-order valence-electron chi connectivity index (χ3n) is 4.25. The highest BCUT2D eigenvalue weighted by Gasteiger charge is 2.37. The minimum atomic E-state index is -0.280. The Balaban J connectivity index is 2.05. The van der Waals surface area contributed by atoms with E-state index in [1.165, 1.54) is 6.42 Å². The van der Waals surface area contributed by atoms with Crippen LogP contribution >= 0.6 is 0 Å². The lowest BCUT2D eigenvalue weighted by molar-refractivity contribution is 0.170. The van der Waals surface area contributed by atoms with E-state index in [9.17, 15) is 4.39 Å². The van der Waals surface area contributed by atoms with Gasteiger partial charge in [0.25, 0.3) is 0 Å². The van der Waals surface area contributed by atoms with Gasteiger partial charge in [0.15, 0.2) is 11.6 Å². The maximum atomic E-state index is 14.5. The van der Waals surface area contributed by atoms with Gasteiger partial charge in [-0.1, -0.05) is 25.3 Å². The Labute approximate surface area is 106 Å². The van der Waals surface area contributed by atoms with Crippen LogP contribution < -0.4 is 15.2 Å². The van der Waals surface area contributed by atoms with Crippen LogP contribution in [0.4, 0.5) is 4.39 Å². The van der Waals surface area contributed by atoms with Gasteiger partial charge in [-0.15, -0.1) is 0 Å². The monoisotopic (exact) mass is 251 g/mol. The van der Waals surface area contributed by atoms with Gasteiger partial charge in [0, 0.05) is 12.0 Å². The molecule has 3 rings (SSSR count). The van der Waals surface area contributed by atoms with Crippen LogP contribution in [0.3, 0.4) is 0 Å². The highest BCUT2D eigenvalue weighted by molar-refractivity contribution is 5.48. The highest BCUT2D eigenvalue weighted by Crippen LogP contribution is 2.45. The smallest absolute Gasteiger partial charge is 0.231 e. The first kappa shape index (κ1) is 11.8. The van der Waals surface area contributed by atoms with E-state index < -0.39 is 0 Å². The predicted molar refractivity (Wildman–Crippen MR) is 66.3 cm³/mol. The molecule has 0 aromatic heterocycles. The number of nitrogens with two attached hydrogens (primary N) is 1. The van der Waals surface area contributed by atoms with E-state index in [0.29, 0.717) is 17.9 Å². The second-order valence-corrected chi connectivity index (χ2v) is 5.21. The molecule has 3 nitrogen and oxygen atoms in total. The topological polar surface area (TPSA) is 44.5 Å². The van der Waals surface area contributed by atoms with Gasteiger partial charge in [-0.2, -0.15) is 0 Å². The van der Waals surface area contributed by atoms with Crippen LogP contribution in [0, 0.1) is 5.82 Å². The number of ether oxygens (including phenoxy) is 2. The van der Waals surface area contributed by atoms with Crippen molar-refractivity contribution < 1.29 is 13.9 Å². The van der Waals surface area contributed by atoms with Gasteiger partial charge in [-0.25, -0.2) is 4.39 Å². The quantitative estimate of drug-likeness (QED) is 0.879. The van der Waals surface area contributed by atoms with Crippen LogP contribution in [0.2, 0.25) is 0 Å². The second-order valence-electron chi connectivity index (χ2n) is 5.21. The lowest BCUT2D eigenvalue weighted by atomic mass is 9.69. The van der Waals surface area contributed by atoms with E-state index in [0.717, 1.165) is 25.7 Å². The van der Waals surface area contributed by atoms with Crippen LogP contribution in [0.15, 0.2) is 12.1 Å². The van der Waals surface area contributed by atoms with Crippen molar-refractivity contribution in [2.75, 3.05) is 13.3 Å². The molecule has 1 aliphatic carbocycles. The second kappa shape index (κ2) is 4.43. The van der Waals surface area contributed by atoms with Gasteiger partial charge in [-0.05, 0) is 24.5 Å². The van der Waals surface area contributed by atoms with Crippen molar-refractivity contribution in [2.24, 2.45) is 5.73 Å². The lowest BCUT2D eigenvalue weighted by Gasteiger charge is -2.37. The molecule has 1 aromatic rings. The fourth-order valence-corrected chi connectivity index (χ4v) is 3.16. The third-order valence-corrected chi connectivity index (χ3v) is 4.25. The maximum absolute atomic E-state index is 14.5. The van der Waals surface area contributed by atoms with Crippen LogP contribution in [0.25, 0.3) is 0 Å². The van der Waals surface area contributed by atoms with Gasteiger partial charge in [0.05, 0.1) is 0 Å². The van der Waals surface area contributed by atoms with Crippen molar-refractivity contribution in [2.45, 2.75) is 37.5 Å². The van der Waals surface area contributed by atoms with Crippen LogP contribution in [-0.2, 0) is 5.41 Å². The number of hydrogen-bond donors (Lipinski definition) is 1. The minimum Gasteiger partial charge on any atom is -0.453 e. The molecule has 1 aromatic carbocycles. The summed E-state index contributed by atoms with van der Waals surface area (Å²) in [5.41, 5.74) is 6.43. The molecule has 4 heteroatoms. The van der Waals surface area contributed by atoms with Crippen LogP contribution in [0.1, 0.15) is 37.7 Å². The first-order valence-electron chi connectivity index (χ1n) is 6.55. The summed E-state index contributed by atoms with van der Waals surface area (Å²) in [5, 5.41) is 0. The summed E-state index contributed by atoms with van der Waals surface area (Å²) in [4.78, 5) is 0. The molecule has 0 spiro atoms. The predicted octanol–water partition coefficient (Wildman–Crippen LogP) is 2.72. The van der Waals surface area contributed by atoms with Crippen LogP contribution in [0.5, 0.6) is 11.5 Å². The van der Waals surface area contributed by atoms with E-state index in [4.69, 9.17) is 15.2 Å². The summed E-state index contributed by atoms with van der Waals surface area (Å²) in [5.74, 6) is 0.475. The number of halogens is 1. The zero-order chi connectivity index (χ0) is 12.6. The van der Waals surface area contributed by atoms with Crippen molar-refractivity contribution in [1.82, 2.24) is 0 Å². The first-order chi connectivity index (χ1) is 8.77. The zero-order valence-electron chi connectivity index (χ0n) is 10.4. The third kappa shape index (κ3) is 1.67. The summed E-state index contributed by atoms with van der Waals surface area (Å²) in [6, 6.07) is 3.62. The van der Waals surface area contributed by atoms with E-state index in [2.05, 4.69) is 0 Å². The van der Waals surface area contributed by atoms with Gasteiger partial charge in [0.2, 0.25) is 12.5 Å². The molecular formula is C14H18FNO2. The van der Waals surface area contributed by atoms with Crippen LogP contribution in [-0.4, -0.2) is 13.3 Å². The molecule has 18 heavy (non-hydrogen) atoms. The van der Waals surface area contributed by atoms with Crippen molar-refractivity contribution in [3.8, 4) is 11.5 Å². The Morgan fingerprint density at radius 3 is 2.67 bits per heavy atom. The van der Waals surface area contributed by atoms with Crippen molar-refractivity contribution >= 4 is 0 Å². The number of benzene rings is 1. The Hall–Kier alpha value is -1.29. The molecular weight excluding hydrogens is 233 g/mol. The molecule has 0 saturated heterocycles. The Morgan fingerprint density at radius 1 is 1.17 bits per heavy atom. The Bertz CT molecular complexity index is 455. The highest BCUT2D eigenvalue weighted by atomic mass is 19.1. The molecule has 0 atom stereocenters. The maximum Gasteiger partial charge on any atom is 0.231 e. The molecule has 1 fully saturated rings. The largest absolute Gasteiger partial charge is 0.453 e. The normalized spacial score (nSPS) is 21.0. The van der Waals surface area contributed by atoms with E-state index in [-0.39, 0.29) is 23.8 Å². The van der Waals surface area contributed by atoms with Crippen molar-refractivity contribution in [3.63, 3.8) is 0 Å². The van der Waals surface area contributed by atoms with E-state index >= 15 is 0 Å². The SMILES string of the molecule is NCC1(c2ccc3c(c2F)OCO3)CCCCC1. The van der Waals surface area contributed by atoms with Crippen molar-refractivity contribution in [3.05, 3.63) is 23.5 Å². The number of rotatable bonds is 2. The fourth-order valence-electron chi connectivity index (χ4n) is 3.16. The lowest BCUT2D eigenvalue weighted by Crippen LogP contribution is -2.38. The molecule has 2 aliphatic rings. The molecule has 0 unspecified atom stereocenters. The summed E-state index contributed by atoms with van der Waals surface area (Å²) >= 11 is 0. The zero-order valence-corrected chi connectivity index (χ0v) is 10.4. The van der Waals surface area contributed by atoms with Gasteiger partial charge >= 0.3 is 0 Å². The summed E-state index contributed by atoms with van der Waals surface area (Å²) in [6.45, 7) is 0.592. The summed E-state index contributed by atoms with van der Waals surface area (Å²) in [7, 11) is 0. The number of hydrogen-bond acceptors (Lipinski definition) is 3. The average molecular weight is 251 g/mol. The Morgan fingerprint density at radius 2 is 1.94 bits per heavy atom. The molecule has 98 valence electrons. The Kier molecular flexibility index (Phi) is 2.90. The van der Waals surface area contributed by atoms with Gasteiger partial charge in [0.1, 0.15) is 0 Å². The molecule has 2 N–H and O–H groups in total.